The minimum atomic E-state index is -3.50. The Morgan fingerprint density at radius 3 is 2.79 bits per heavy atom. The number of amides is 2. The van der Waals surface area contributed by atoms with Crippen LogP contribution in [0.15, 0.2) is 47.4 Å². The van der Waals surface area contributed by atoms with Crippen LogP contribution in [-0.4, -0.2) is 63.4 Å². The summed E-state index contributed by atoms with van der Waals surface area (Å²) in [6.45, 7) is 2.99. The number of likely N-dealkylation sites (tertiary alicyclic amines) is 1. The van der Waals surface area contributed by atoms with Gasteiger partial charge in [0.05, 0.1) is 16.5 Å². The molecule has 1 N–H and O–H groups in total. The van der Waals surface area contributed by atoms with Crippen LogP contribution < -0.4 is 10.2 Å². The molecule has 1 fully saturated rings. The Kier molecular flexibility index (Phi) is 6.70. The van der Waals surface area contributed by atoms with Gasteiger partial charge in [-0.05, 0) is 67.3 Å². The summed E-state index contributed by atoms with van der Waals surface area (Å²) >= 11 is 0. The van der Waals surface area contributed by atoms with Crippen molar-refractivity contribution in [2.45, 2.75) is 36.7 Å². The molecule has 0 bridgehead atoms. The van der Waals surface area contributed by atoms with Crippen LogP contribution in [0, 0.1) is 11.3 Å². The Bertz CT molecular complexity index is 1190. The monoisotopic (exact) mass is 467 g/mol. The van der Waals surface area contributed by atoms with E-state index in [1.807, 2.05) is 18.2 Å². The number of urea groups is 1. The zero-order chi connectivity index (χ0) is 23.6. The van der Waals surface area contributed by atoms with Crippen molar-refractivity contribution in [3.63, 3.8) is 0 Å². The molecule has 1 unspecified atom stereocenters. The van der Waals surface area contributed by atoms with Crippen LogP contribution in [0.2, 0.25) is 0 Å². The fraction of sp³-hybridized carbons (Fsp3) is 0.417. The van der Waals surface area contributed by atoms with Gasteiger partial charge in [-0.2, -0.15) is 5.26 Å². The first-order valence-corrected chi connectivity index (χ1v) is 12.6. The van der Waals surface area contributed by atoms with Crippen molar-refractivity contribution in [2.75, 3.05) is 38.6 Å². The van der Waals surface area contributed by atoms with Crippen LogP contribution in [0.3, 0.4) is 0 Å². The lowest BCUT2D eigenvalue weighted by Crippen LogP contribution is -2.51. The lowest BCUT2D eigenvalue weighted by Gasteiger charge is -2.34. The van der Waals surface area contributed by atoms with E-state index in [1.54, 1.807) is 29.2 Å². The van der Waals surface area contributed by atoms with Gasteiger partial charge in [0.2, 0.25) is 10.0 Å². The smallest absolute Gasteiger partial charge is 0.322 e. The van der Waals surface area contributed by atoms with E-state index in [4.69, 9.17) is 5.26 Å². The highest BCUT2D eigenvalue weighted by Crippen LogP contribution is 2.31. The molecule has 4 rings (SSSR count). The van der Waals surface area contributed by atoms with Crippen molar-refractivity contribution < 1.29 is 13.2 Å². The van der Waals surface area contributed by atoms with E-state index < -0.39 is 10.0 Å². The molecule has 0 aromatic heterocycles. The number of anilines is 1. The lowest BCUT2D eigenvalue weighted by atomic mass is 10.0. The maximum Gasteiger partial charge on any atom is 0.322 e. The van der Waals surface area contributed by atoms with Gasteiger partial charge in [-0.1, -0.05) is 12.1 Å². The molecule has 2 heterocycles. The molecule has 8 nitrogen and oxygen atoms in total. The number of fused-ring (bicyclic) bond motifs is 1. The Labute approximate surface area is 195 Å². The minimum Gasteiger partial charge on any atom is -0.334 e. The average molecular weight is 468 g/mol. The van der Waals surface area contributed by atoms with Crippen molar-refractivity contribution in [1.29, 1.82) is 5.26 Å². The first-order chi connectivity index (χ1) is 15.8. The molecule has 2 aromatic rings. The number of benzene rings is 2. The second-order valence-electron chi connectivity index (χ2n) is 8.82. The van der Waals surface area contributed by atoms with Crippen LogP contribution in [-0.2, 0) is 23.0 Å². The van der Waals surface area contributed by atoms with E-state index in [1.165, 1.54) is 18.4 Å². The maximum absolute atomic E-state index is 13.0. The van der Waals surface area contributed by atoms with E-state index >= 15 is 0 Å². The number of carbonyl (C=O) groups excluding carboxylic acids is 1. The fourth-order valence-corrected chi connectivity index (χ4v) is 5.48. The predicted octanol–water partition coefficient (Wildman–Crippen LogP) is 2.55. The van der Waals surface area contributed by atoms with E-state index in [-0.39, 0.29) is 17.0 Å². The molecular weight excluding hydrogens is 438 g/mol. The second-order valence-corrected chi connectivity index (χ2v) is 11.0. The number of nitriles is 1. The van der Waals surface area contributed by atoms with Crippen molar-refractivity contribution in [2.24, 2.45) is 0 Å². The molecule has 0 aliphatic carbocycles. The van der Waals surface area contributed by atoms with Gasteiger partial charge in [-0.25, -0.2) is 17.5 Å². The van der Waals surface area contributed by atoms with Crippen LogP contribution in [0.4, 0.5) is 10.5 Å². The molecule has 0 radical (unpaired) electrons. The van der Waals surface area contributed by atoms with Crippen molar-refractivity contribution in [3.05, 3.63) is 59.2 Å². The zero-order valence-electron chi connectivity index (χ0n) is 19.0. The number of carbonyl (C=O) groups is 1. The van der Waals surface area contributed by atoms with Gasteiger partial charge >= 0.3 is 6.03 Å². The third-order valence-corrected chi connectivity index (χ3v) is 8.08. The van der Waals surface area contributed by atoms with Gasteiger partial charge in [0.15, 0.2) is 0 Å². The first-order valence-electron chi connectivity index (χ1n) is 11.1. The summed E-state index contributed by atoms with van der Waals surface area (Å²) in [5.41, 5.74) is 3.39. The average Bonchev–Trinajstić information content (AvgIpc) is 3.23. The molecule has 2 aliphatic rings. The van der Waals surface area contributed by atoms with Gasteiger partial charge in [-0.15, -0.1) is 0 Å². The van der Waals surface area contributed by atoms with Gasteiger partial charge in [0.25, 0.3) is 0 Å². The Morgan fingerprint density at radius 2 is 2.03 bits per heavy atom. The van der Waals surface area contributed by atoms with E-state index in [2.05, 4.69) is 16.3 Å². The van der Waals surface area contributed by atoms with Crippen molar-refractivity contribution >= 4 is 21.7 Å². The number of hydrogen-bond donors (Lipinski definition) is 1. The third-order valence-electron chi connectivity index (χ3n) is 6.27. The molecular formula is C24H29N5O3S. The highest BCUT2D eigenvalue weighted by Gasteiger charge is 2.29. The number of hydrogen-bond acceptors (Lipinski definition) is 5. The molecule has 174 valence electrons. The number of piperidine rings is 1. The first kappa shape index (κ1) is 23.2. The Balaban J connectivity index is 1.39. The quantitative estimate of drug-likeness (QED) is 0.729. The second kappa shape index (κ2) is 9.51. The zero-order valence-corrected chi connectivity index (χ0v) is 19.8. The standard InChI is InChI=1S/C24H29N5O3S/c1-27(2)33(31,32)22-8-9-23-20(14-22)10-12-29(23)24(30)26-21-7-4-11-28(17-21)16-19-6-3-5-18(13-19)15-25/h3,5-6,8-9,13-14,21H,4,7,10-12,16-17H2,1-2H3,(H,26,30). The summed E-state index contributed by atoms with van der Waals surface area (Å²) in [5.74, 6) is 0. The van der Waals surface area contributed by atoms with E-state index in [0.29, 0.717) is 18.5 Å². The molecule has 9 heteroatoms. The third kappa shape index (κ3) is 5.03. The van der Waals surface area contributed by atoms with Gasteiger partial charge in [0.1, 0.15) is 0 Å². The summed E-state index contributed by atoms with van der Waals surface area (Å²) in [6.07, 6.45) is 2.54. The summed E-state index contributed by atoms with van der Waals surface area (Å²) in [6, 6.07) is 14.7. The molecule has 2 aliphatic heterocycles. The van der Waals surface area contributed by atoms with Crippen LogP contribution >= 0.6 is 0 Å². The highest BCUT2D eigenvalue weighted by molar-refractivity contribution is 7.89. The molecule has 2 amide bonds. The van der Waals surface area contributed by atoms with Crippen LogP contribution in [0.5, 0.6) is 0 Å². The number of nitrogens with one attached hydrogen (secondary N) is 1. The molecule has 0 spiro atoms. The number of nitrogens with zero attached hydrogens (tertiary/aromatic N) is 4. The van der Waals surface area contributed by atoms with E-state index in [0.717, 1.165) is 49.3 Å². The van der Waals surface area contributed by atoms with Crippen LogP contribution in [0.25, 0.3) is 0 Å². The summed E-state index contributed by atoms with van der Waals surface area (Å²) in [7, 11) is -0.485. The normalized spacial score (nSPS) is 18.7. The topological polar surface area (TPSA) is 96.8 Å². The summed E-state index contributed by atoms with van der Waals surface area (Å²) in [5, 5.41) is 12.3. The van der Waals surface area contributed by atoms with Crippen molar-refractivity contribution in [1.82, 2.24) is 14.5 Å². The molecule has 33 heavy (non-hydrogen) atoms. The van der Waals surface area contributed by atoms with Gasteiger partial charge in [0, 0.05) is 45.5 Å². The molecule has 1 saturated heterocycles. The van der Waals surface area contributed by atoms with Gasteiger partial charge < -0.3 is 5.32 Å². The predicted molar refractivity (Wildman–Crippen MR) is 126 cm³/mol. The van der Waals surface area contributed by atoms with Gasteiger partial charge in [-0.3, -0.25) is 9.80 Å². The highest BCUT2D eigenvalue weighted by atomic mass is 32.2. The fourth-order valence-electron chi connectivity index (χ4n) is 4.53. The summed E-state index contributed by atoms with van der Waals surface area (Å²) < 4.78 is 26.0. The summed E-state index contributed by atoms with van der Waals surface area (Å²) in [4.78, 5) is 17.3. The van der Waals surface area contributed by atoms with E-state index in [9.17, 15) is 13.2 Å². The SMILES string of the molecule is CN(C)S(=O)(=O)c1ccc2c(c1)CCN2C(=O)NC1CCCN(Cc2cccc(C#N)c2)C1. The maximum atomic E-state index is 13.0. The van der Waals surface area contributed by atoms with Crippen LogP contribution in [0.1, 0.15) is 29.5 Å². The Hall–Kier alpha value is -2.93. The molecule has 2 aromatic carbocycles. The lowest BCUT2D eigenvalue weighted by molar-refractivity contribution is 0.182. The minimum absolute atomic E-state index is 0.0443. The molecule has 1 atom stereocenters. The molecule has 0 saturated carbocycles. The van der Waals surface area contributed by atoms with Crippen molar-refractivity contribution in [3.8, 4) is 6.07 Å². The number of rotatable bonds is 5. The Morgan fingerprint density at radius 1 is 1.21 bits per heavy atom. The largest absolute Gasteiger partial charge is 0.334 e. The number of sulfonamides is 1.